The van der Waals surface area contributed by atoms with Gasteiger partial charge in [0.05, 0.1) is 0 Å². The summed E-state index contributed by atoms with van der Waals surface area (Å²) in [6.45, 7) is 0. The molecule has 0 N–H and O–H groups in total. The fourth-order valence-electron chi connectivity index (χ4n) is 0. The first kappa shape index (κ1) is 86.2. The summed E-state index contributed by atoms with van der Waals surface area (Å²) < 4.78 is 0. The smallest absolute Gasteiger partial charge is 2.00 e. The molecular formula is O3PbTi. The quantitative estimate of drug-likeness (QED) is 0.528. The van der Waals surface area contributed by atoms with Crippen LogP contribution in [0, 0.1) is 0 Å². The second kappa shape index (κ2) is 48.9. The van der Waals surface area contributed by atoms with Gasteiger partial charge in [-0.3, -0.25) is 0 Å². The van der Waals surface area contributed by atoms with Crippen LogP contribution in [0.5, 0.6) is 0 Å². The molecule has 5 heavy (non-hydrogen) atoms. The summed E-state index contributed by atoms with van der Waals surface area (Å²) in [4.78, 5) is 0. The molecule has 0 saturated heterocycles. The Hall–Kier alpha value is 1.52. The van der Waals surface area contributed by atoms with Crippen molar-refractivity contribution in [2.75, 3.05) is 0 Å². The summed E-state index contributed by atoms with van der Waals surface area (Å²) in [5, 5.41) is 0. The van der Waals surface area contributed by atoms with E-state index in [1.54, 1.807) is 0 Å². The molecule has 0 unspecified atom stereocenters. The third-order valence-corrected chi connectivity index (χ3v) is 0. The normalized spacial score (nSPS) is 0. The van der Waals surface area contributed by atoms with Gasteiger partial charge in [-0.05, 0) is 0 Å². The van der Waals surface area contributed by atoms with E-state index in [-0.39, 0.29) is 65.4 Å². The fourth-order valence-corrected chi connectivity index (χ4v) is 0. The SMILES string of the molecule is [O-2].[O-2].[O-2].[Pb+2].[Ti+4]. The van der Waals surface area contributed by atoms with E-state index < -0.39 is 0 Å². The van der Waals surface area contributed by atoms with Crippen LogP contribution in [0.1, 0.15) is 0 Å². The van der Waals surface area contributed by atoms with Crippen molar-refractivity contribution in [3.05, 3.63) is 0 Å². The van der Waals surface area contributed by atoms with Gasteiger partial charge in [0.1, 0.15) is 0 Å². The van der Waals surface area contributed by atoms with Crippen molar-refractivity contribution in [1.29, 1.82) is 0 Å². The average Bonchev–Trinajstić information content (AvgIpc) is 0. The molecule has 0 spiro atoms. The third kappa shape index (κ3) is 29.7. The van der Waals surface area contributed by atoms with E-state index in [1.807, 2.05) is 0 Å². The summed E-state index contributed by atoms with van der Waals surface area (Å²) in [5.41, 5.74) is 0. The van der Waals surface area contributed by atoms with E-state index in [0.29, 0.717) is 0 Å². The number of hydrogen-bond donors (Lipinski definition) is 0. The molecule has 0 amide bonds. The number of hydrogen-bond acceptors (Lipinski definition) is 0. The Morgan fingerprint density at radius 1 is 0.600 bits per heavy atom. The fraction of sp³-hybridized carbons (Fsp3) is 0. The monoisotopic (exact) mass is 304 g/mol. The second-order valence-corrected chi connectivity index (χ2v) is 0. The second-order valence-electron chi connectivity index (χ2n) is 0. The first-order valence-electron chi connectivity index (χ1n) is 0. The summed E-state index contributed by atoms with van der Waals surface area (Å²) in [6.07, 6.45) is 0. The molecule has 2 radical (unpaired) electrons. The average molecular weight is 303 g/mol. The Bertz CT molecular complexity index is 6.85. The van der Waals surface area contributed by atoms with Crippen molar-refractivity contribution in [2.45, 2.75) is 0 Å². The molecule has 0 saturated carbocycles. The molecular weight excluding hydrogens is 303 g/mol. The van der Waals surface area contributed by atoms with Gasteiger partial charge in [-0.1, -0.05) is 0 Å². The van der Waals surface area contributed by atoms with Gasteiger partial charge in [-0.2, -0.15) is 0 Å². The summed E-state index contributed by atoms with van der Waals surface area (Å²) in [5.74, 6) is 0. The molecule has 0 aromatic carbocycles. The Morgan fingerprint density at radius 2 is 0.600 bits per heavy atom. The topological polar surface area (TPSA) is 85.5 Å². The van der Waals surface area contributed by atoms with Crippen molar-refractivity contribution < 1.29 is 38.1 Å². The maximum Gasteiger partial charge on any atom is 4.00 e. The van der Waals surface area contributed by atoms with E-state index in [1.165, 1.54) is 0 Å². The van der Waals surface area contributed by atoms with Crippen LogP contribution in [0.4, 0.5) is 0 Å². The van der Waals surface area contributed by atoms with Crippen molar-refractivity contribution in [3.8, 4) is 0 Å². The van der Waals surface area contributed by atoms with Crippen molar-refractivity contribution in [3.63, 3.8) is 0 Å². The zero-order valence-electron chi connectivity index (χ0n) is 2.22. The van der Waals surface area contributed by atoms with Crippen molar-refractivity contribution in [2.24, 2.45) is 0 Å². The summed E-state index contributed by atoms with van der Waals surface area (Å²) >= 11 is 0. The Balaban J connectivity index is 0. The van der Waals surface area contributed by atoms with Crippen molar-refractivity contribution in [1.82, 2.24) is 0 Å². The van der Waals surface area contributed by atoms with Gasteiger partial charge < -0.3 is 16.4 Å². The molecule has 0 aliphatic heterocycles. The number of rotatable bonds is 0. The largest absolute Gasteiger partial charge is 4.00 e. The maximum absolute atomic E-state index is 0. The van der Waals surface area contributed by atoms with E-state index in [9.17, 15) is 0 Å². The molecule has 0 aromatic heterocycles. The van der Waals surface area contributed by atoms with Gasteiger partial charge in [0.25, 0.3) is 0 Å². The van der Waals surface area contributed by atoms with Crippen LogP contribution in [0.2, 0.25) is 0 Å². The van der Waals surface area contributed by atoms with Gasteiger partial charge in [0.15, 0.2) is 0 Å². The van der Waals surface area contributed by atoms with Crippen LogP contribution in [0.25, 0.3) is 0 Å². The van der Waals surface area contributed by atoms with Gasteiger partial charge in [0, 0.05) is 0 Å². The zero-order valence-corrected chi connectivity index (χ0v) is 7.67. The molecule has 0 atom stereocenters. The van der Waals surface area contributed by atoms with Crippen LogP contribution in [0.3, 0.4) is 0 Å². The first-order chi connectivity index (χ1) is 0. The minimum Gasteiger partial charge on any atom is -2.00 e. The van der Waals surface area contributed by atoms with E-state index in [4.69, 9.17) is 0 Å². The minimum absolute atomic E-state index is 0. The predicted octanol–water partition coefficient (Wildman–Crippen LogP) is -0.740. The van der Waals surface area contributed by atoms with E-state index >= 15 is 0 Å². The first-order valence-corrected chi connectivity index (χ1v) is 0. The molecule has 3 nitrogen and oxygen atoms in total. The van der Waals surface area contributed by atoms with Crippen LogP contribution < -0.4 is 0 Å². The maximum atomic E-state index is 0. The molecule has 0 heterocycles. The molecule has 0 aliphatic carbocycles. The summed E-state index contributed by atoms with van der Waals surface area (Å²) in [7, 11) is 0. The Morgan fingerprint density at radius 3 is 0.600 bits per heavy atom. The molecule has 26 valence electrons. The van der Waals surface area contributed by atoms with Crippen LogP contribution >= 0.6 is 0 Å². The van der Waals surface area contributed by atoms with Crippen LogP contribution in [0.15, 0.2) is 0 Å². The van der Waals surface area contributed by atoms with Gasteiger partial charge in [0.2, 0.25) is 0 Å². The Kier molecular flexibility index (Phi) is 844. The molecule has 0 aliphatic rings. The summed E-state index contributed by atoms with van der Waals surface area (Å²) in [6, 6.07) is 0. The third-order valence-electron chi connectivity index (χ3n) is 0. The molecule has 0 rings (SSSR count). The molecule has 0 fully saturated rings. The van der Waals surface area contributed by atoms with Gasteiger partial charge in [-0.25, -0.2) is 0 Å². The van der Waals surface area contributed by atoms with Gasteiger partial charge >= 0.3 is 49.0 Å². The Labute approximate surface area is 65.1 Å². The minimum atomic E-state index is 0. The standard InChI is InChI=1S/3O.Pb.Ti/q3*-2;+2;+4. The molecule has 0 aromatic rings. The van der Waals surface area contributed by atoms with Crippen LogP contribution in [-0.2, 0) is 38.1 Å². The van der Waals surface area contributed by atoms with Crippen molar-refractivity contribution >= 4 is 27.3 Å². The van der Waals surface area contributed by atoms with Crippen LogP contribution in [-0.4, -0.2) is 27.3 Å². The van der Waals surface area contributed by atoms with Gasteiger partial charge in [-0.15, -0.1) is 0 Å². The molecule has 0 bridgehead atoms. The van der Waals surface area contributed by atoms with E-state index in [0.717, 1.165) is 0 Å². The molecule has 5 heteroatoms. The predicted molar refractivity (Wildman–Crippen MR) is 7.81 cm³/mol. The van der Waals surface area contributed by atoms with E-state index in [2.05, 4.69) is 0 Å². The zero-order chi connectivity index (χ0) is 0.